The molecule has 1 saturated heterocycles. The molecule has 14 nitrogen and oxygen atoms in total. The van der Waals surface area contributed by atoms with E-state index in [4.69, 9.17) is 41.3 Å². The fourth-order valence-corrected chi connectivity index (χ4v) is 5.31. The zero-order chi connectivity index (χ0) is 29.0. The minimum Gasteiger partial charge on any atom is -0.462 e. The van der Waals surface area contributed by atoms with Crippen molar-refractivity contribution >= 4 is 37.5 Å². The number of rotatable bonds is 12. The first-order chi connectivity index (χ1) is 18.3. The normalized spacial score (nSPS) is 25.7. The maximum Gasteiger partial charge on any atom is 0.459 e. The fraction of sp³-hybridized carbons (Fsp3) is 0.478. The number of aliphatic imine (C=N–C) groups is 1. The number of carbonyl (C=O) groups excluding carboxylic acids is 1. The van der Waals surface area contributed by atoms with Gasteiger partial charge in [-0.1, -0.05) is 11.6 Å². The minimum absolute atomic E-state index is 0.0641. The van der Waals surface area contributed by atoms with Crippen molar-refractivity contribution in [3.8, 4) is 5.75 Å². The number of aliphatic hydroxyl groups is 2. The van der Waals surface area contributed by atoms with Crippen LogP contribution in [0.3, 0.4) is 0 Å². The molecule has 1 aliphatic rings. The molecule has 7 N–H and O–H groups in total. The summed E-state index contributed by atoms with van der Waals surface area (Å²) in [6.07, 6.45) is -2.09. The highest BCUT2D eigenvalue weighted by molar-refractivity contribution is 7.52. The third kappa shape index (κ3) is 7.63. The topological polar surface area (TPSA) is 214 Å². The van der Waals surface area contributed by atoms with Gasteiger partial charge in [-0.2, -0.15) is 5.09 Å². The van der Waals surface area contributed by atoms with Crippen LogP contribution in [0.1, 0.15) is 45.3 Å². The van der Waals surface area contributed by atoms with Crippen LogP contribution < -0.4 is 15.3 Å². The summed E-state index contributed by atoms with van der Waals surface area (Å²) in [6, 6.07) is 4.86. The second-order valence-electron chi connectivity index (χ2n) is 9.23. The average molecular weight is 587 g/mol. The second-order valence-corrected chi connectivity index (χ2v) is 11.4. The van der Waals surface area contributed by atoms with Crippen molar-refractivity contribution in [1.29, 1.82) is 5.41 Å². The maximum absolute atomic E-state index is 13.7. The molecule has 1 fully saturated rings. The standard InChI is InChI=1S/C23H32ClN6O8P/c1-12(2)36-22(32)13(3)30-39(34,38-15-7-5-14(24)6-8-15)35-10-17-18(31)23(4,33)19(37-17)16-9-27-21(29-16)20(26)28-11-25/h5-9,11-13,17-19,31,33H,10H2,1-4H3,(H,27,29)(H,30,34)(H3,25,26,28)/t13-,17+,18+,19-,23+,39?/m0/s1. The zero-order valence-corrected chi connectivity index (χ0v) is 23.3. The van der Waals surface area contributed by atoms with Crippen molar-refractivity contribution in [2.75, 3.05) is 6.61 Å². The monoisotopic (exact) mass is 586 g/mol. The molecule has 0 spiro atoms. The van der Waals surface area contributed by atoms with Gasteiger partial charge in [-0.3, -0.25) is 14.7 Å². The summed E-state index contributed by atoms with van der Waals surface area (Å²) in [7, 11) is -4.28. The molecule has 0 saturated carbocycles. The van der Waals surface area contributed by atoms with Gasteiger partial charge in [-0.05, 0) is 52.0 Å². The number of halogens is 1. The molecule has 39 heavy (non-hydrogen) atoms. The lowest BCUT2D eigenvalue weighted by molar-refractivity contribution is -0.149. The Bertz CT molecular complexity index is 1240. The highest BCUT2D eigenvalue weighted by Gasteiger charge is 2.54. The number of H-pyrrole nitrogens is 1. The molecule has 1 aromatic carbocycles. The number of carbonyl (C=O) groups is 1. The summed E-state index contributed by atoms with van der Waals surface area (Å²) in [5.74, 6) is -0.485. The Morgan fingerprint density at radius 1 is 1.41 bits per heavy atom. The summed E-state index contributed by atoms with van der Waals surface area (Å²) >= 11 is 5.91. The summed E-state index contributed by atoms with van der Waals surface area (Å²) in [4.78, 5) is 22.9. The van der Waals surface area contributed by atoms with E-state index >= 15 is 0 Å². The van der Waals surface area contributed by atoms with Gasteiger partial charge in [0.25, 0.3) is 0 Å². The SMILES string of the molecule is CC(C)OC(=O)[C@H](C)NP(=O)(OC[C@H]1O[C@@H](c2cnc(C(N)=NC=N)[nH]2)[C@](C)(O)[C@@H]1O)Oc1ccc(Cl)cc1. The Morgan fingerprint density at radius 2 is 2.08 bits per heavy atom. The number of benzene rings is 1. The van der Waals surface area contributed by atoms with E-state index in [0.717, 1.165) is 6.34 Å². The van der Waals surface area contributed by atoms with Crippen LogP contribution in [0.5, 0.6) is 5.75 Å². The predicted molar refractivity (Wildman–Crippen MR) is 142 cm³/mol. The summed E-state index contributed by atoms with van der Waals surface area (Å²) in [5.41, 5.74) is 4.18. The lowest BCUT2D eigenvalue weighted by Gasteiger charge is -2.26. The first kappa shape index (κ1) is 30.7. The maximum atomic E-state index is 13.7. The van der Waals surface area contributed by atoms with E-state index in [1.807, 2.05) is 0 Å². The van der Waals surface area contributed by atoms with E-state index in [0.29, 0.717) is 5.02 Å². The molecule has 0 aliphatic carbocycles. The minimum atomic E-state index is -4.28. The summed E-state index contributed by atoms with van der Waals surface area (Å²) in [5, 5.41) is 31.8. The van der Waals surface area contributed by atoms with Gasteiger partial charge in [0.15, 0.2) is 11.7 Å². The molecule has 2 heterocycles. The lowest BCUT2D eigenvalue weighted by Crippen LogP contribution is -2.43. The number of amidine groups is 1. The van der Waals surface area contributed by atoms with Crippen molar-refractivity contribution in [2.45, 2.75) is 63.8 Å². The molecule has 1 unspecified atom stereocenters. The highest BCUT2D eigenvalue weighted by Crippen LogP contribution is 2.47. The third-order valence-corrected chi connectivity index (χ3v) is 7.52. The zero-order valence-electron chi connectivity index (χ0n) is 21.7. The van der Waals surface area contributed by atoms with Crippen LogP contribution in [0, 0.1) is 5.41 Å². The van der Waals surface area contributed by atoms with Gasteiger partial charge in [0.05, 0.1) is 24.6 Å². The van der Waals surface area contributed by atoms with Gasteiger partial charge in [0.2, 0.25) is 0 Å². The van der Waals surface area contributed by atoms with Crippen molar-refractivity contribution in [3.63, 3.8) is 0 Å². The Labute approximate surface area is 230 Å². The number of ether oxygens (including phenoxy) is 2. The van der Waals surface area contributed by atoms with E-state index < -0.39 is 56.4 Å². The third-order valence-electron chi connectivity index (χ3n) is 5.62. The molecule has 3 rings (SSSR count). The Hall–Kier alpha value is -2.84. The van der Waals surface area contributed by atoms with E-state index in [9.17, 15) is 19.6 Å². The van der Waals surface area contributed by atoms with Crippen molar-refractivity contribution in [2.24, 2.45) is 10.7 Å². The Kier molecular flexibility index (Phi) is 9.88. The van der Waals surface area contributed by atoms with Gasteiger partial charge in [0, 0.05) is 5.02 Å². The summed E-state index contributed by atoms with van der Waals surface area (Å²) < 4.78 is 35.9. The molecule has 0 bridgehead atoms. The fourth-order valence-electron chi connectivity index (χ4n) is 3.69. The molecular formula is C23H32ClN6O8P. The van der Waals surface area contributed by atoms with E-state index in [1.165, 1.54) is 44.3 Å². The van der Waals surface area contributed by atoms with Crippen LogP contribution >= 0.6 is 19.3 Å². The predicted octanol–water partition coefficient (Wildman–Crippen LogP) is 2.06. The first-order valence-electron chi connectivity index (χ1n) is 11.9. The van der Waals surface area contributed by atoms with E-state index in [-0.39, 0.29) is 23.1 Å². The van der Waals surface area contributed by atoms with Crippen LogP contribution in [-0.2, 0) is 23.4 Å². The lowest BCUT2D eigenvalue weighted by atomic mass is 9.91. The van der Waals surface area contributed by atoms with Gasteiger partial charge in [-0.25, -0.2) is 14.5 Å². The van der Waals surface area contributed by atoms with Crippen LogP contribution in [0.15, 0.2) is 35.5 Å². The van der Waals surface area contributed by atoms with Gasteiger partial charge >= 0.3 is 13.7 Å². The average Bonchev–Trinajstić information content (AvgIpc) is 3.42. The van der Waals surface area contributed by atoms with Crippen molar-refractivity contribution in [1.82, 2.24) is 15.1 Å². The quantitative estimate of drug-likeness (QED) is 0.0915. The number of aromatic nitrogens is 2. The molecular weight excluding hydrogens is 555 g/mol. The smallest absolute Gasteiger partial charge is 0.459 e. The van der Waals surface area contributed by atoms with Crippen LogP contribution in [-0.4, -0.2) is 74.9 Å². The molecule has 6 atom stereocenters. The first-order valence-corrected chi connectivity index (χ1v) is 13.8. The number of hydrogen-bond acceptors (Lipinski definition) is 10. The summed E-state index contributed by atoms with van der Waals surface area (Å²) in [6.45, 7) is 5.62. The number of hydrogen-bond donors (Lipinski definition) is 6. The molecule has 2 aromatic rings. The molecule has 1 aromatic heterocycles. The number of nitrogens with two attached hydrogens (primary N) is 1. The van der Waals surface area contributed by atoms with Crippen molar-refractivity contribution in [3.05, 3.63) is 47.0 Å². The van der Waals surface area contributed by atoms with Crippen LogP contribution in [0.2, 0.25) is 5.02 Å². The molecule has 0 amide bonds. The number of esters is 1. The second kappa shape index (κ2) is 12.6. The molecule has 16 heteroatoms. The number of aromatic amines is 1. The van der Waals surface area contributed by atoms with Crippen LogP contribution in [0.25, 0.3) is 0 Å². The van der Waals surface area contributed by atoms with Gasteiger partial charge in [0.1, 0.15) is 42.0 Å². The Balaban J connectivity index is 1.79. The molecule has 214 valence electrons. The highest BCUT2D eigenvalue weighted by atomic mass is 35.5. The number of nitrogens with one attached hydrogen (secondary N) is 3. The Morgan fingerprint density at radius 3 is 2.69 bits per heavy atom. The van der Waals surface area contributed by atoms with Gasteiger partial charge in [-0.15, -0.1) is 0 Å². The molecule has 0 radical (unpaired) electrons. The van der Waals surface area contributed by atoms with E-state index in [1.54, 1.807) is 13.8 Å². The van der Waals surface area contributed by atoms with Crippen LogP contribution in [0.4, 0.5) is 0 Å². The van der Waals surface area contributed by atoms with Crippen molar-refractivity contribution < 1.29 is 38.1 Å². The molecule has 1 aliphatic heterocycles. The number of aliphatic hydroxyl groups excluding tert-OH is 1. The number of imidazole rings is 1. The number of nitrogens with zero attached hydrogens (tertiary/aromatic N) is 2. The van der Waals surface area contributed by atoms with Gasteiger partial charge < -0.3 is 34.9 Å². The largest absolute Gasteiger partial charge is 0.462 e. The van der Waals surface area contributed by atoms with E-state index in [2.05, 4.69) is 20.0 Å².